The van der Waals surface area contributed by atoms with Crippen molar-refractivity contribution in [1.29, 1.82) is 0 Å². The van der Waals surface area contributed by atoms with E-state index in [1.807, 2.05) is 24.5 Å². The summed E-state index contributed by atoms with van der Waals surface area (Å²) >= 11 is 0. The van der Waals surface area contributed by atoms with Gasteiger partial charge in [0.15, 0.2) is 17.0 Å². The highest BCUT2D eigenvalue weighted by atomic mass is 16.5. The molecule has 1 aromatic carbocycles. The number of hydrogen-bond donors (Lipinski definition) is 2. The summed E-state index contributed by atoms with van der Waals surface area (Å²) in [6.07, 6.45) is 11.8. The van der Waals surface area contributed by atoms with Gasteiger partial charge in [-0.25, -0.2) is 15.0 Å². The monoisotopic (exact) mass is 514 g/mol. The molecule has 7 atom stereocenters. The number of nitrogens with zero attached hydrogens (tertiary/aromatic N) is 4. The van der Waals surface area contributed by atoms with Crippen LogP contribution < -0.4 is 10.6 Å². The van der Waals surface area contributed by atoms with Crippen LogP contribution in [0, 0.1) is 23.2 Å². The largest absolute Gasteiger partial charge is 0.364 e. The number of ether oxygens (including phenoxy) is 1. The van der Waals surface area contributed by atoms with Crippen molar-refractivity contribution < 1.29 is 9.53 Å². The zero-order valence-electron chi connectivity index (χ0n) is 22.4. The van der Waals surface area contributed by atoms with Gasteiger partial charge in [-0.05, 0) is 80.6 Å². The summed E-state index contributed by atoms with van der Waals surface area (Å²) in [7, 11) is 0. The fraction of sp³-hybridized carbons (Fsp3) is 0.600. The molecule has 0 radical (unpaired) electrons. The number of rotatable bonds is 4. The van der Waals surface area contributed by atoms with Gasteiger partial charge in [-0.2, -0.15) is 0 Å². The van der Waals surface area contributed by atoms with Gasteiger partial charge >= 0.3 is 0 Å². The van der Waals surface area contributed by atoms with E-state index in [9.17, 15) is 4.79 Å². The lowest BCUT2D eigenvalue weighted by molar-refractivity contribution is -0.231. The van der Waals surface area contributed by atoms with Gasteiger partial charge in [-0.1, -0.05) is 37.3 Å². The zero-order valence-corrected chi connectivity index (χ0v) is 22.4. The Morgan fingerprint density at radius 3 is 2.76 bits per heavy atom. The van der Waals surface area contributed by atoms with Crippen LogP contribution in [-0.4, -0.2) is 37.1 Å². The van der Waals surface area contributed by atoms with Crippen LogP contribution in [0.3, 0.4) is 0 Å². The molecule has 2 aliphatic heterocycles. The molecule has 8 heteroatoms. The van der Waals surface area contributed by atoms with Gasteiger partial charge < -0.3 is 15.4 Å². The predicted octanol–water partition coefficient (Wildman–Crippen LogP) is 5.23. The summed E-state index contributed by atoms with van der Waals surface area (Å²) in [6.45, 7) is 5.48. The van der Waals surface area contributed by atoms with E-state index in [4.69, 9.17) is 9.72 Å². The first-order valence-electron chi connectivity index (χ1n) is 14.4. The maximum absolute atomic E-state index is 12.1. The standard InChI is InChI=1S/C30H38N6O2/c1-29-14-13-24(37)35-23(29)10-8-20-21(29)12-15-30(2)22(20)9-11-25(38-30)36-18-34-26-27(32-17-33-28(26)36)31-16-19-6-4-3-5-7-19/h3-7,17-18,20-23,25H,8-16H2,1-2H3,(H,35,37)(H,31,32,33)/t20-,21+,22+,23-,25+,29-,30+/m1/s1. The number of carbonyl (C=O) groups is 1. The van der Waals surface area contributed by atoms with Gasteiger partial charge in [0.1, 0.15) is 12.6 Å². The Kier molecular flexibility index (Phi) is 5.73. The number of anilines is 1. The number of nitrogens with one attached hydrogen (secondary N) is 2. The van der Waals surface area contributed by atoms with Crippen LogP contribution >= 0.6 is 0 Å². The number of benzene rings is 1. The fourth-order valence-corrected chi connectivity index (χ4v) is 8.52. The second-order valence-corrected chi connectivity index (χ2v) is 12.5. The lowest BCUT2D eigenvalue weighted by Gasteiger charge is -2.62. The summed E-state index contributed by atoms with van der Waals surface area (Å²) in [5.41, 5.74) is 2.87. The number of imidazole rings is 1. The van der Waals surface area contributed by atoms with Crippen molar-refractivity contribution in [3.05, 3.63) is 48.5 Å². The molecule has 200 valence electrons. The fourth-order valence-electron chi connectivity index (χ4n) is 8.52. The van der Waals surface area contributed by atoms with Crippen LogP contribution in [0.2, 0.25) is 0 Å². The molecule has 0 bridgehead atoms. The zero-order chi connectivity index (χ0) is 25.9. The Morgan fingerprint density at radius 2 is 1.89 bits per heavy atom. The molecule has 38 heavy (non-hydrogen) atoms. The molecule has 1 amide bonds. The van der Waals surface area contributed by atoms with Gasteiger partial charge in [0.05, 0.1) is 11.9 Å². The predicted molar refractivity (Wildman–Crippen MR) is 145 cm³/mol. The van der Waals surface area contributed by atoms with Gasteiger partial charge in [0.2, 0.25) is 5.91 Å². The van der Waals surface area contributed by atoms with E-state index in [0.717, 1.165) is 49.1 Å². The maximum Gasteiger partial charge on any atom is 0.220 e. The van der Waals surface area contributed by atoms with Crippen molar-refractivity contribution in [2.75, 3.05) is 5.32 Å². The Balaban J connectivity index is 1.10. The van der Waals surface area contributed by atoms with Crippen LogP contribution in [0.5, 0.6) is 0 Å². The molecule has 2 saturated heterocycles. The third kappa shape index (κ3) is 3.82. The van der Waals surface area contributed by atoms with E-state index < -0.39 is 0 Å². The second kappa shape index (κ2) is 9.04. The lowest BCUT2D eigenvalue weighted by atomic mass is 9.48. The minimum atomic E-state index is -0.150. The highest BCUT2D eigenvalue weighted by Crippen LogP contribution is 2.61. The summed E-state index contributed by atoms with van der Waals surface area (Å²) < 4.78 is 9.13. The van der Waals surface area contributed by atoms with Crippen LogP contribution in [0.4, 0.5) is 5.82 Å². The Hall–Kier alpha value is -3.00. The molecule has 8 nitrogen and oxygen atoms in total. The molecule has 2 N–H and O–H groups in total. The van der Waals surface area contributed by atoms with Crippen molar-refractivity contribution in [2.45, 2.75) is 89.6 Å². The quantitative estimate of drug-likeness (QED) is 0.495. The summed E-state index contributed by atoms with van der Waals surface area (Å²) in [5.74, 6) is 2.88. The molecule has 0 unspecified atom stereocenters. The molecule has 7 rings (SSSR count). The molecule has 4 aliphatic rings. The average Bonchev–Trinajstić information content (AvgIpc) is 3.37. The molecule has 4 heterocycles. The number of carbonyl (C=O) groups excluding carboxylic acids is 1. The normalized spacial score (nSPS) is 36.6. The molecule has 3 aromatic rings. The Labute approximate surface area is 224 Å². The number of fused-ring (bicyclic) bond motifs is 6. The number of piperidine rings is 1. The van der Waals surface area contributed by atoms with Crippen molar-refractivity contribution in [2.24, 2.45) is 23.2 Å². The molecular formula is C30H38N6O2. The van der Waals surface area contributed by atoms with Crippen molar-refractivity contribution in [3.63, 3.8) is 0 Å². The SMILES string of the molecule is C[C@]12CCC(=O)N[C@@H]1CC[C@@H]1[C@@H]2CC[C@]2(C)O[C@H](n3cnc4c(NCc5ccccc5)ncnc43)CC[C@@H]12. The number of aromatic nitrogens is 4. The molecule has 2 saturated carbocycles. The lowest BCUT2D eigenvalue weighted by Crippen LogP contribution is -2.63. The molecule has 0 spiro atoms. The minimum absolute atomic E-state index is 0.0735. The van der Waals surface area contributed by atoms with E-state index in [0.29, 0.717) is 36.8 Å². The van der Waals surface area contributed by atoms with Crippen LogP contribution in [-0.2, 0) is 16.1 Å². The average molecular weight is 515 g/mol. The van der Waals surface area contributed by atoms with E-state index >= 15 is 0 Å². The van der Waals surface area contributed by atoms with E-state index in [1.54, 1.807) is 6.33 Å². The third-order valence-electron chi connectivity index (χ3n) is 10.5. The molecular weight excluding hydrogens is 476 g/mol. The van der Waals surface area contributed by atoms with E-state index in [-0.39, 0.29) is 23.2 Å². The van der Waals surface area contributed by atoms with Crippen LogP contribution in [0.1, 0.15) is 77.0 Å². The van der Waals surface area contributed by atoms with Crippen LogP contribution in [0.15, 0.2) is 43.0 Å². The molecule has 4 fully saturated rings. The van der Waals surface area contributed by atoms with E-state index in [2.05, 4.69) is 51.1 Å². The molecule has 2 aromatic heterocycles. The number of hydrogen-bond acceptors (Lipinski definition) is 6. The minimum Gasteiger partial charge on any atom is -0.364 e. The van der Waals surface area contributed by atoms with Gasteiger partial charge in [-0.15, -0.1) is 0 Å². The van der Waals surface area contributed by atoms with Gasteiger partial charge in [0, 0.05) is 19.0 Å². The topological polar surface area (TPSA) is 94.0 Å². The summed E-state index contributed by atoms with van der Waals surface area (Å²) in [6, 6.07) is 10.7. The first kappa shape index (κ1) is 24.1. The van der Waals surface area contributed by atoms with Crippen molar-refractivity contribution in [3.8, 4) is 0 Å². The maximum atomic E-state index is 12.1. The van der Waals surface area contributed by atoms with Crippen molar-refractivity contribution in [1.82, 2.24) is 24.8 Å². The second-order valence-electron chi connectivity index (χ2n) is 12.5. The van der Waals surface area contributed by atoms with Gasteiger partial charge in [0.25, 0.3) is 0 Å². The smallest absolute Gasteiger partial charge is 0.220 e. The van der Waals surface area contributed by atoms with Crippen molar-refractivity contribution >= 4 is 22.9 Å². The summed E-state index contributed by atoms with van der Waals surface area (Å²) in [4.78, 5) is 25.9. The number of amides is 1. The Morgan fingerprint density at radius 1 is 1.03 bits per heavy atom. The van der Waals surface area contributed by atoms with Gasteiger partial charge in [-0.3, -0.25) is 9.36 Å². The first-order valence-corrected chi connectivity index (χ1v) is 14.4. The highest BCUT2D eigenvalue weighted by Gasteiger charge is 2.59. The molecule has 2 aliphatic carbocycles. The third-order valence-corrected chi connectivity index (χ3v) is 10.5. The first-order chi connectivity index (χ1) is 18.4. The van der Waals surface area contributed by atoms with Crippen LogP contribution in [0.25, 0.3) is 11.2 Å². The Bertz CT molecular complexity index is 1340. The highest BCUT2D eigenvalue weighted by molar-refractivity contribution is 5.82. The summed E-state index contributed by atoms with van der Waals surface area (Å²) in [5, 5.41) is 6.78. The van der Waals surface area contributed by atoms with E-state index in [1.165, 1.54) is 18.4 Å².